The van der Waals surface area contributed by atoms with Crippen molar-refractivity contribution in [2.75, 3.05) is 13.1 Å². The van der Waals surface area contributed by atoms with Gasteiger partial charge in [-0.3, -0.25) is 19.2 Å². The summed E-state index contributed by atoms with van der Waals surface area (Å²) in [7, 11) is -6.96. The summed E-state index contributed by atoms with van der Waals surface area (Å²) in [5.74, 6) is -2.43. The Bertz CT molecular complexity index is 1730. The van der Waals surface area contributed by atoms with Gasteiger partial charge in [0.2, 0.25) is 11.8 Å². The van der Waals surface area contributed by atoms with Gasteiger partial charge in [0.25, 0.3) is 0 Å². The molecule has 376 valence electrons. The first-order chi connectivity index (χ1) is 31.2. The summed E-state index contributed by atoms with van der Waals surface area (Å²) in [5, 5.41) is 11.6. The fourth-order valence-corrected chi connectivity index (χ4v) is 22.2. The number of rotatable bonds is 30. The van der Waals surface area contributed by atoms with E-state index in [1.54, 1.807) is 0 Å². The van der Waals surface area contributed by atoms with Gasteiger partial charge in [-0.1, -0.05) is 116 Å². The van der Waals surface area contributed by atoms with E-state index < -0.39 is 61.3 Å². The summed E-state index contributed by atoms with van der Waals surface area (Å²) >= 11 is 0. The molecule has 2 aromatic rings. The van der Waals surface area contributed by atoms with Crippen LogP contribution in [0.5, 0.6) is 0 Å². The normalized spacial score (nSPS) is 14.0. The van der Waals surface area contributed by atoms with E-state index in [-0.39, 0.29) is 73.1 Å². The zero-order valence-corrected chi connectivity index (χ0v) is 46.0. The predicted octanol–water partition coefficient (Wildman–Crippen LogP) is 9.51. The molecular formula is C50H84N4O10Si3. The first-order valence-electron chi connectivity index (χ1n) is 24.2. The van der Waals surface area contributed by atoms with E-state index in [1.165, 1.54) is 0 Å². The van der Waals surface area contributed by atoms with Gasteiger partial charge in [-0.2, -0.15) is 0 Å². The summed E-state index contributed by atoms with van der Waals surface area (Å²) in [6, 6.07) is 18.7. The highest BCUT2D eigenvalue weighted by molar-refractivity contribution is 6.87. The molecule has 0 saturated heterocycles. The van der Waals surface area contributed by atoms with Crippen molar-refractivity contribution in [2.24, 2.45) is 35.5 Å². The number of Topliss-reactive ketones (excluding diaryl/α,β-unsaturated/α-hetero) is 2. The van der Waals surface area contributed by atoms with Crippen molar-refractivity contribution < 1.29 is 46.5 Å². The first kappa shape index (κ1) is 59.0. The summed E-state index contributed by atoms with van der Waals surface area (Å²) in [6.07, 6.45) is 0.105. The molecule has 0 aromatic heterocycles. The highest BCUT2D eigenvalue weighted by Crippen LogP contribution is 2.27. The number of nitrogens with one attached hydrogen (secondary N) is 4. The van der Waals surface area contributed by atoms with Crippen LogP contribution in [-0.4, -0.2) is 85.9 Å². The quantitative estimate of drug-likeness (QED) is 0.0434. The number of carbonyl (C=O) groups excluding carboxylic acids is 6. The first-order valence-corrected chi connectivity index (χ1v) is 33.2. The average Bonchev–Trinajstić information content (AvgIpc) is 3.23. The molecule has 0 aliphatic rings. The standard InChI is InChI=1S/C50H84N4O10Si3/c1-35(2)41(31-43(55)45(37(5)6)53-49(59)61-33-39-23-17-15-18-24-39)47(57)51-27-21-29-65(9,10)63-67(13,14)64-66(11,12)30-22-28-52-48(58)42(36(3)4)32-44(56)46(38(7)8)54-50(60)62-34-40-25-19-16-20-26-40/h15-20,23-26,35-38,41-42,45-46H,21-22,27-34H2,1-14H3,(H,51,57)(H,52,58)(H,53,59)(H,54,60)/t41-,42+,45-,46+. The maximum absolute atomic E-state index is 13.5. The van der Waals surface area contributed by atoms with Crippen molar-refractivity contribution in [1.29, 1.82) is 0 Å². The molecular weight excluding hydrogens is 901 g/mol. The Morgan fingerprint density at radius 2 is 0.821 bits per heavy atom. The minimum Gasteiger partial charge on any atom is -0.445 e. The summed E-state index contributed by atoms with van der Waals surface area (Å²) < 4.78 is 24.3. The van der Waals surface area contributed by atoms with E-state index in [9.17, 15) is 28.8 Å². The molecule has 14 nitrogen and oxygen atoms in total. The lowest BCUT2D eigenvalue weighted by atomic mass is 9.86. The Hall–Kier alpha value is -4.17. The lowest BCUT2D eigenvalue weighted by molar-refractivity contribution is -0.132. The molecule has 0 heterocycles. The number of amides is 4. The Balaban J connectivity index is 1.82. The molecule has 0 fully saturated rings. The lowest BCUT2D eigenvalue weighted by Gasteiger charge is -2.39. The number of benzene rings is 2. The molecule has 0 saturated carbocycles. The van der Waals surface area contributed by atoms with Gasteiger partial charge in [0.15, 0.2) is 28.2 Å². The maximum atomic E-state index is 13.5. The second-order valence-corrected chi connectivity index (χ2v) is 33.3. The van der Waals surface area contributed by atoms with Crippen molar-refractivity contribution in [3.8, 4) is 0 Å². The molecule has 0 aliphatic heterocycles. The fraction of sp³-hybridized carbons (Fsp3) is 0.640. The number of hydrogen-bond acceptors (Lipinski definition) is 10. The van der Waals surface area contributed by atoms with Crippen molar-refractivity contribution in [3.63, 3.8) is 0 Å². The Kier molecular flexibility index (Phi) is 24.9. The maximum Gasteiger partial charge on any atom is 0.408 e. The van der Waals surface area contributed by atoms with E-state index in [0.29, 0.717) is 13.1 Å². The zero-order valence-electron chi connectivity index (χ0n) is 43.0. The predicted molar refractivity (Wildman–Crippen MR) is 272 cm³/mol. The van der Waals surface area contributed by atoms with E-state index in [2.05, 4.69) is 60.5 Å². The van der Waals surface area contributed by atoms with Crippen LogP contribution in [0.1, 0.15) is 92.2 Å². The van der Waals surface area contributed by atoms with E-state index in [4.69, 9.17) is 17.7 Å². The fourth-order valence-electron chi connectivity index (χ4n) is 8.14. The van der Waals surface area contributed by atoms with Gasteiger partial charge in [0, 0.05) is 37.8 Å². The summed E-state index contributed by atoms with van der Waals surface area (Å²) in [5.41, 5.74) is 1.68. The molecule has 4 N–H and O–H groups in total. The minimum atomic E-state index is -2.55. The average molecular weight is 985 g/mol. The Morgan fingerprint density at radius 1 is 0.493 bits per heavy atom. The van der Waals surface area contributed by atoms with Crippen molar-refractivity contribution in [1.82, 2.24) is 21.3 Å². The molecule has 4 atom stereocenters. The van der Waals surface area contributed by atoms with Gasteiger partial charge in [-0.25, -0.2) is 9.59 Å². The van der Waals surface area contributed by atoms with Crippen LogP contribution in [0.25, 0.3) is 0 Å². The van der Waals surface area contributed by atoms with Crippen molar-refractivity contribution in [2.45, 2.75) is 158 Å². The second-order valence-electron chi connectivity index (χ2n) is 20.8. The van der Waals surface area contributed by atoms with Crippen LogP contribution >= 0.6 is 0 Å². The third-order valence-electron chi connectivity index (χ3n) is 11.7. The monoisotopic (exact) mass is 985 g/mol. The second kappa shape index (κ2) is 28.4. The topological polar surface area (TPSA) is 187 Å². The highest BCUT2D eigenvalue weighted by atomic mass is 28.5. The SMILES string of the molecule is CC(C)[C@H](CC(=O)[C@@H](NC(=O)OCc1ccccc1)C(C)C)C(=O)NCCC[Si](C)(C)O[Si](C)(C)O[Si](C)(C)CCCNC(=O)[C@H](CC(=O)[C@H](NC(=O)OCc1ccccc1)C(C)C)C(C)C. The van der Waals surface area contributed by atoms with Gasteiger partial charge < -0.3 is 39.0 Å². The molecule has 2 aromatic carbocycles. The zero-order chi connectivity index (χ0) is 50.5. The minimum absolute atomic E-state index is 0.00505. The highest BCUT2D eigenvalue weighted by Gasteiger charge is 2.40. The van der Waals surface area contributed by atoms with Gasteiger partial charge in [0.1, 0.15) is 13.2 Å². The van der Waals surface area contributed by atoms with Crippen molar-refractivity contribution in [3.05, 3.63) is 71.8 Å². The molecule has 4 amide bonds. The number of ether oxygens (including phenoxy) is 2. The number of hydrogen-bond donors (Lipinski definition) is 4. The van der Waals surface area contributed by atoms with E-state index >= 15 is 0 Å². The van der Waals surface area contributed by atoms with Crippen LogP contribution in [0.2, 0.25) is 51.4 Å². The van der Waals surface area contributed by atoms with Crippen molar-refractivity contribution >= 4 is 60.8 Å². The molecule has 0 spiro atoms. The summed E-state index contributed by atoms with van der Waals surface area (Å²) in [4.78, 5) is 79.1. The van der Waals surface area contributed by atoms with Crippen LogP contribution in [0, 0.1) is 35.5 Å². The largest absolute Gasteiger partial charge is 0.445 e. The summed E-state index contributed by atoms with van der Waals surface area (Å²) in [6.45, 7) is 29.1. The van der Waals surface area contributed by atoms with Crippen LogP contribution < -0.4 is 21.3 Å². The van der Waals surface area contributed by atoms with E-state index in [0.717, 1.165) is 36.1 Å². The van der Waals surface area contributed by atoms with Gasteiger partial charge in [-0.05, 0) is 99.0 Å². The van der Waals surface area contributed by atoms with Crippen LogP contribution in [0.3, 0.4) is 0 Å². The Morgan fingerprint density at radius 3 is 1.12 bits per heavy atom. The molecule has 2 rings (SSSR count). The molecule has 17 heteroatoms. The van der Waals surface area contributed by atoms with Crippen LogP contribution in [-0.2, 0) is 50.1 Å². The van der Waals surface area contributed by atoms with Gasteiger partial charge in [0.05, 0.1) is 12.1 Å². The number of carbonyl (C=O) groups is 6. The van der Waals surface area contributed by atoms with Gasteiger partial charge in [-0.15, -0.1) is 0 Å². The molecule has 0 bridgehead atoms. The molecule has 0 unspecified atom stereocenters. The van der Waals surface area contributed by atoms with Gasteiger partial charge >= 0.3 is 20.7 Å². The van der Waals surface area contributed by atoms with E-state index in [1.807, 2.05) is 116 Å². The van der Waals surface area contributed by atoms with Crippen LogP contribution in [0.15, 0.2) is 60.7 Å². The number of alkyl carbamates (subject to hydrolysis) is 2. The smallest absolute Gasteiger partial charge is 0.408 e. The Labute approximate surface area is 405 Å². The lowest BCUT2D eigenvalue weighted by Crippen LogP contribution is -2.52. The number of ketones is 2. The molecule has 0 radical (unpaired) electrons. The van der Waals surface area contributed by atoms with Crippen LogP contribution in [0.4, 0.5) is 9.59 Å². The third-order valence-corrected chi connectivity index (χ3v) is 23.1. The molecule has 67 heavy (non-hydrogen) atoms. The molecule has 0 aliphatic carbocycles. The third kappa shape index (κ3) is 23.1.